The molecule has 0 saturated heterocycles. The molecule has 6 heteroatoms. The highest BCUT2D eigenvalue weighted by atomic mass is 35.5. The molecule has 1 atom stereocenters. The number of hydrogen-bond donors (Lipinski definition) is 1. The Labute approximate surface area is 211 Å². The standard InChI is InChI=1S/C28H31ClN2O2S/c1-5-33-22-12-9-18(10-13-22)17-30-27-25(26(32)31-21-8-6-7-20(29)16-21)23-14-11-19(28(2,3)4)15-24(23)34-27/h6-10,12-13,16-17,19H,5,11,14-15H2,1-4H3,(H,31,32)/b30-17+. The molecule has 0 bridgehead atoms. The zero-order chi connectivity index (χ0) is 24.3. The highest BCUT2D eigenvalue weighted by Crippen LogP contribution is 2.45. The Bertz CT molecular complexity index is 1190. The summed E-state index contributed by atoms with van der Waals surface area (Å²) in [6.45, 7) is 9.50. The number of halogens is 1. The van der Waals surface area contributed by atoms with E-state index in [1.807, 2.05) is 49.5 Å². The summed E-state index contributed by atoms with van der Waals surface area (Å²) in [6, 6.07) is 15.1. The molecule has 0 saturated carbocycles. The molecule has 178 valence electrons. The SMILES string of the molecule is CCOc1ccc(/C=N/c2sc3c(c2C(=O)Nc2cccc(Cl)c2)CCC(C(C)(C)C)C3)cc1. The normalized spacial score (nSPS) is 15.9. The van der Waals surface area contributed by atoms with Gasteiger partial charge in [-0.3, -0.25) is 4.79 Å². The molecule has 0 fully saturated rings. The number of rotatable bonds is 6. The number of amides is 1. The van der Waals surface area contributed by atoms with E-state index >= 15 is 0 Å². The number of aliphatic imine (C=N–C) groups is 1. The van der Waals surface area contributed by atoms with Gasteiger partial charge in [0.2, 0.25) is 0 Å². The maximum Gasteiger partial charge on any atom is 0.259 e. The van der Waals surface area contributed by atoms with Gasteiger partial charge in [0.1, 0.15) is 10.8 Å². The van der Waals surface area contributed by atoms with Gasteiger partial charge in [-0.15, -0.1) is 11.3 Å². The lowest BCUT2D eigenvalue weighted by atomic mass is 9.72. The first-order valence-electron chi connectivity index (χ1n) is 11.7. The number of nitrogens with one attached hydrogen (secondary N) is 1. The molecule has 1 aliphatic rings. The molecule has 0 radical (unpaired) electrons. The summed E-state index contributed by atoms with van der Waals surface area (Å²) in [7, 11) is 0. The number of anilines is 1. The molecule has 0 aliphatic heterocycles. The Morgan fingerprint density at radius 1 is 1.24 bits per heavy atom. The van der Waals surface area contributed by atoms with Crippen molar-refractivity contribution in [3.8, 4) is 5.75 Å². The average Bonchev–Trinajstić information content (AvgIpc) is 3.16. The van der Waals surface area contributed by atoms with Crippen molar-refractivity contribution in [3.63, 3.8) is 0 Å². The largest absolute Gasteiger partial charge is 0.494 e. The molecule has 1 unspecified atom stereocenters. The third kappa shape index (κ3) is 5.70. The van der Waals surface area contributed by atoms with Crippen LogP contribution in [0.5, 0.6) is 5.75 Å². The van der Waals surface area contributed by atoms with Gasteiger partial charge in [-0.05, 0) is 91.1 Å². The molecule has 3 aromatic rings. The van der Waals surface area contributed by atoms with E-state index in [2.05, 4.69) is 26.1 Å². The molecule has 4 nitrogen and oxygen atoms in total. The van der Waals surface area contributed by atoms with Gasteiger partial charge in [0.15, 0.2) is 0 Å². The van der Waals surface area contributed by atoms with Crippen molar-refractivity contribution in [2.45, 2.75) is 47.0 Å². The summed E-state index contributed by atoms with van der Waals surface area (Å²) in [4.78, 5) is 19.5. The van der Waals surface area contributed by atoms with Crippen LogP contribution in [-0.4, -0.2) is 18.7 Å². The van der Waals surface area contributed by atoms with E-state index in [9.17, 15) is 4.79 Å². The van der Waals surface area contributed by atoms with Crippen LogP contribution in [0.2, 0.25) is 5.02 Å². The van der Waals surface area contributed by atoms with Crippen LogP contribution in [0.4, 0.5) is 10.7 Å². The van der Waals surface area contributed by atoms with E-state index < -0.39 is 0 Å². The van der Waals surface area contributed by atoms with Crippen LogP contribution in [0.25, 0.3) is 0 Å². The van der Waals surface area contributed by atoms with Crippen molar-refractivity contribution in [1.29, 1.82) is 0 Å². The number of benzene rings is 2. The molecule has 1 aliphatic carbocycles. The second kappa shape index (κ2) is 10.3. The highest BCUT2D eigenvalue weighted by Gasteiger charge is 2.33. The molecule has 1 aromatic heterocycles. The van der Waals surface area contributed by atoms with Crippen LogP contribution in [0, 0.1) is 11.3 Å². The summed E-state index contributed by atoms with van der Waals surface area (Å²) < 4.78 is 5.53. The van der Waals surface area contributed by atoms with Gasteiger partial charge in [-0.1, -0.05) is 38.4 Å². The van der Waals surface area contributed by atoms with Crippen LogP contribution < -0.4 is 10.1 Å². The molecule has 34 heavy (non-hydrogen) atoms. The van der Waals surface area contributed by atoms with Gasteiger partial charge in [0.05, 0.1) is 12.2 Å². The van der Waals surface area contributed by atoms with Crippen LogP contribution in [-0.2, 0) is 12.8 Å². The Hall–Kier alpha value is -2.63. The topological polar surface area (TPSA) is 50.7 Å². The fraction of sp³-hybridized carbons (Fsp3) is 0.357. The number of carbonyl (C=O) groups is 1. The van der Waals surface area contributed by atoms with Crippen molar-refractivity contribution in [2.75, 3.05) is 11.9 Å². The fourth-order valence-corrected chi connectivity index (χ4v) is 5.80. The number of ether oxygens (including phenoxy) is 1. The molecule has 1 N–H and O–H groups in total. The lowest BCUT2D eigenvalue weighted by molar-refractivity contribution is 0.102. The molecule has 0 spiro atoms. The summed E-state index contributed by atoms with van der Waals surface area (Å²) in [6.07, 6.45) is 4.78. The lowest BCUT2D eigenvalue weighted by Gasteiger charge is -2.33. The minimum Gasteiger partial charge on any atom is -0.494 e. The number of carbonyl (C=O) groups excluding carboxylic acids is 1. The van der Waals surface area contributed by atoms with E-state index in [0.29, 0.717) is 28.8 Å². The lowest BCUT2D eigenvalue weighted by Crippen LogP contribution is -2.27. The second-order valence-corrected chi connectivity index (χ2v) is 11.2. The molecule has 4 rings (SSSR count). The molecular formula is C28H31ClN2O2S. The first-order valence-corrected chi connectivity index (χ1v) is 12.9. The monoisotopic (exact) mass is 494 g/mol. The quantitative estimate of drug-likeness (QED) is 0.353. The average molecular weight is 495 g/mol. The molecule has 1 heterocycles. The maximum absolute atomic E-state index is 13.4. The van der Waals surface area contributed by atoms with E-state index in [-0.39, 0.29) is 11.3 Å². The molecule has 2 aromatic carbocycles. The maximum atomic E-state index is 13.4. The minimum absolute atomic E-state index is 0.132. The number of nitrogens with zero attached hydrogens (tertiary/aromatic N) is 1. The van der Waals surface area contributed by atoms with Crippen LogP contribution in [0.15, 0.2) is 53.5 Å². The van der Waals surface area contributed by atoms with E-state index in [1.165, 1.54) is 4.88 Å². The molecular weight excluding hydrogens is 464 g/mol. The van der Waals surface area contributed by atoms with Crippen LogP contribution in [0.1, 0.15) is 60.5 Å². The Balaban J connectivity index is 1.66. The van der Waals surface area contributed by atoms with E-state index in [0.717, 1.165) is 41.1 Å². The van der Waals surface area contributed by atoms with Gasteiger partial charge < -0.3 is 10.1 Å². The number of thiophene rings is 1. The second-order valence-electron chi connectivity index (χ2n) is 9.71. The predicted octanol–water partition coefficient (Wildman–Crippen LogP) is 7.95. The van der Waals surface area contributed by atoms with Gasteiger partial charge in [-0.25, -0.2) is 4.99 Å². The highest BCUT2D eigenvalue weighted by molar-refractivity contribution is 7.16. The van der Waals surface area contributed by atoms with Gasteiger partial charge in [0, 0.05) is 21.8 Å². The predicted molar refractivity (Wildman–Crippen MR) is 144 cm³/mol. The van der Waals surface area contributed by atoms with Crippen LogP contribution in [0.3, 0.4) is 0 Å². The smallest absolute Gasteiger partial charge is 0.259 e. The van der Waals surface area contributed by atoms with Crippen molar-refractivity contribution in [3.05, 3.63) is 75.1 Å². The van der Waals surface area contributed by atoms with Crippen LogP contribution >= 0.6 is 22.9 Å². The number of hydrogen-bond acceptors (Lipinski definition) is 4. The minimum atomic E-state index is -0.132. The van der Waals surface area contributed by atoms with Crippen molar-refractivity contribution in [1.82, 2.24) is 0 Å². The van der Waals surface area contributed by atoms with Crippen molar-refractivity contribution in [2.24, 2.45) is 16.3 Å². The van der Waals surface area contributed by atoms with E-state index in [1.54, 1.807) is 23.5 Å². The third-order valence-corrected chi connectivity index (χ3v) is 7.70. The molecule has 1 amide bonds. The van der Waals surface area contributed by atoms with Gasteiger partial charge in [0.25, 0.3) is 5.91 Å². The summed E-state index contributed by atoms with van der Waals surface area (Å²) >= 11 is 7.77. The Morgan fingerprint density at radius 3 is 2.68 bits per heavy atom. The van der Waals surface area contributed by atoms with Gasteiger partial charge in [-0.2, -0.15) is 0 Å². The fourth-order valence-electron chi connectivity index (χ4n) is 4.35. The summed E-state index contributed by atoms with van der Waals surface area (Å²) in [5.74, 6) is 1.29. The first kappa shape index (κ1) is 24.5. The van der Waals surface area contributed by atoms with Crippen molar-refractivity contribution < 1.29 is 9.53 Å². The van der Waals surface area contributed by atoms with Gasteiger partial charge >= 0.3 is 0 Å². The zero-order valence-corrected chi connectivity index (χ0v) is 21.7. The van der Waals surface area contributed by atoms with E-state index in [4.69, 9.17) is 21.3 Å². The Kier molecular flexibility index (Phi) is 7.44. The number of fused-ring (bicyclic) bond motifs is 1. The Morgan fingerprint density at radius 2 is 2.00 bits per heavy atom. The third-order valence-electron chi connectivity index (χ3n) is 6.30. The summed E-state index contributed by atoms with van der Waals surface area (Å²) in [5, 5.41) is 4.38. The summed E-state index contributed by atoms with van der Waals surface area (Å²) in [5.41, 5.74) is 3.71. The van der Waals surface area contributed by atoms with Crippen molar-refractivity contribution >= 4 is 45.7 Å². The first-order chi connectivity index (χ1) is 16.2. The zero-order valence-electron chi connectivity index (χ0n) is 20.2.